The number of hydrogen-bond donors (Lipinski definition) is 1. The Labute approximate surface area is 143 Å². The van der Waals surface area contributed by atoms with E-state index < -0.39 is 29.6 Å². The van der Waals surface area contributed by atoms with E-state index in [2.05, 4.69) is 5.32 Å². The molecule has 2 aliphatic heterocycles. The molecule has 0 bridgehead atoms. The molecule has 2 atom stereocenters. The molecule has 6 nitrogen and oxygen atoms in total. The van der Waals surface area contributed by atoms with Gasteiger partial charge in [-0.2, -0.15) is 0 Å². The van der Waals surface area contributed by atoms with Crippen LogP contribution in [0.1, 0.15) is 30.1 Å². The third-order valence-electron chi connectivity index (χ3n) is 4.63. The van der Waals surface area contributed by atoms with Crippen LogP contribution in [-0.4, -0.2) is 59.2 Å². The summed E-state index contributed by atoms with van der Waals surface area (Å²) in [6.45, 7) is 2.25. The number of carbonyl (C=O) groups is 3. The van der Waals surface area contributed by atoms with E-state index >= 15 is 0 Å². The largest absolute Gasteiger partial charge is 0.342 e. The highest BCUT2D eigenvalue weighted by Crippen LogP contribution is 2.21. The highest BCUT2D eigenvalue weighted by molar-refractivity contribution is 5.99. The number of piperazine rings is 2. The predicted octanol–water partition coefficient (Wildman–Crippen LogP) is 0.916. The summed E-state index contributed by atoms with van der Waals surface area (Å²) >= 11 is 0. The normalized spacial score (nSPS) is 23.3. The molecule has 3 rings (SSSR count). The van der Waals surface area contributed by atoms with E-state index in [4.69, 9.17) is 0 Å². The number of amides is 3. The second-order valence-corrected chi connectivity index (χ2v) is 6.25. The highest BCUT2D eigenvalue weighted by atomic mass is 19.2. The van der Waals surface area contributed by atoms with Crippen molar-refractivity contribution < 1.29 is 23.2 Å². The van der Waals surface area contributed by atoms with Crippen molar-refractivity contribution in [3.8, 4) is 0 Å². The maximum absolute atomic E-state index is 13.8. The Bertz CT molecular complexity index is 725. The van der Waals surface area contributed by atoms with E-state index in [0.717, 1.165) is 12.5 Å². The van der Waals surface area contributed by atoms with Crippen LogP contribution in [0.25, 0.3) is 0 Å². The predicted molar refractivity (Wildman–Crippen MR) is 84.6 cm³/mol. The molecule has 0 spiro atoms. The van der Waals surface area contributed by atoms with Crippen LogP contribution in [0.4, 0.5) is 8.78 Å². The summed E-state index contributed by atoms with van der Waals surface area (Å²) in [4.78, 5) is 40.0. The molecule has 1 aromatic carbocycles. The fraction of sp³-hybridized carbons (Fsp3) is 0.471. The van der Waals surface area contributed by atoms with Crippen LogP contribution in [0.5, 0.6) is 0 Å². The highest BCUT2D eigenvalue weighted by Gasteiger charge is 2.44. The number of halogens is 2. The molecule has 8 heteroatoms. The Balaban J connectivity index is 1.77. The van der Waals surface area contributed by atoms with Gasteiger partial charge in [-0.1, -0.05) is 19.4 Å². The van der Waals surface area contributed by atoms with E-state index in [9.17, 15) is 23.2 Å². The SMILES string of the molecule is CCC[C@@H]1NC(=O)[C@H]2CN(C(=O)c3cccc(F)c3F)CCN2C1=O. The molecule has 0 unspecified atom stereocenters. The number of nitrogens with zero attached hydrogens (tertiary/aromatic N) is 2. The molecule has 2 fully saturated rings. The summed E-state index contributed by atoms with van der Waals surface area (Å²) in [7, 11) is 0. The lowest BCUT2D eigenvalue weighted by Gasteiger charge is -2.45. The summed E-state index contributed by atoms with van der Waals surface area (Å²) in [6, 6.07) is 2.07. The molecule has 1 aromatic rings. The van der Waals surface area contributed by atoms with Gasteiger partial charge in [-0.25, -0.2) is 8.78 Å². The number of nitrogens with one attached hydrogen (secondary N) is 1. The van der Waals surface area contributed by atoms with Gasteiger partial charge in [-0.15, -0.1) is 0 Å². The number of benzene rings is 1. The van der Waals surface area contributed by atoms with Crippen molar-refractivity contribution in [1.82, 2.24) is 15.1 Å². The zero-order valence-electron chi connectivity index (χ0n) is 13.8. The van der Waals surface area contributed by atoms with Crippen molar-refractivity contribution in [2.24, 2.45) is 0 Å². The van der Waals surface area contributed by atoms with Crippen LogP contribution in [0.3, 0.4) is 0 Å². The summed E-state index contributed by atoms with van der Waals surface area (Å²) in [5, 5.41) is 2.68. The minimum absolute atomic E-state index is 0.0365. The number of hydrogen-bond acceptors (Lipinski definition) is 3. The Kier molecular flexibility index (Phi) is 4.69. The average molecular weight is 351 g/mol. The van der Waals surface area contributed by atoms with Gasteiger partial charge in [0.25, 0.3) is 5.91 Å². The molecule has 1 N–H and O–H groups in total. The van der Waals surface area contributed by atoms with Gasteiger partial charge in [0, 0.05) is 13.1 Å². The number of carbonyl (C=O) groups excluding carboxylic acids is 3. The first-order valence-electron chi connectivity index (χ1n) is 8.28. The first-order chi connectivity index (χ1) is 11.9. The lowest BCUT2D eigenvalue weighted by atomic mass is 10.0. The molecule has 25 heavy (non-hydrogen) atoms. The Morgan fingerprint density at radius 3 is 2.76 bits per heavy atom. The molecule has 3 amide bonds. The topological polar surface area (TPSA) is 69.7 Å². The molecule has 2 heterocycles. The van der Waals surface area contributed by atoms with Crippen LogP contribution in [0, 0.1) is 11.6 Å². The number of fused-ring (bicyclic) bond motifs is 1. The summed E-state index contributed by atoms with van der Waals surface area (Å²) in [5.74, 6) is -3.47. The minimum Gasteiger partial charge on any atom is -0.342 e. The summed E-state index contributed by atoms with van der Waals surface area (Å²) in [5.41, 5.74) is -0.375. The van der Waals surface area contributed by atoms with E-state index in [-0.39, 0.29) is 37.0 Å². The number of rotatable bonds is 3. The molecule has 2 saturated heterocycles. The summed E-state index contributed by atoms with van der Waals surface area (Å²) in [6.07, 6.45) is 1.32. The van der Waals surface area contributed by atoms with Gasteiger partial charge in [-0.05, 0) is 18.6 Å². The van der Waals surface area contributed by atoms with Crippen LogP contribution in [0.2, 0.25) is 0 Å². The smallest absolute Gasteiger partial charge is 0.257 e. The van der Waals surface area contributed by atoms with Crippen molar-refractivity contribution in [2.45, 2.75) is 31.8 Å². The van der Waals surface area contributed by atoms with E-state index in [1.807, 2.05) is 6.92 Å². The monoisotopic (exact) mass is 351 g/mol. The second kappa shape index (κ2) is 6.78. The van der Waals surface area contributed by atoms with Gasteiger partial charge in [0.1, 0.15) is 12.1 Å². The van der Waals surface area contributed by atoms with Gasteiger partial charge >= 0.3 is 0 Å². The zero-order chi connectivity index (χ0) is 18.1. The van der Waals surface area contributed by atoms with Crippen LogP contribution in [0.15, 0.2) is 18.2 Å². The Hall–Kier alpha value is -2.51. The fourth-order valence-electron chi connectivity index (χ4n) is 3.31. The lowest BCUT2D eigenvalue weighted by Crippen LogP contribution is -2.69. The van der Waals surface area contributed by atoms with E-state index in [0.29, 0.717) is 6.42 Å². The fourth-order valence-corrected chi connectivity index (χ4v) is 3.31. The summed E-state index contributed by atoms with van der Waals surface area (Å²) < 4.78 is 27.2. The maximum atomic E-state index is 13.8. The average Bonchev–Trinajstić information content (AvgIpc) is 2.61. The Morgan fingerprint density at radius 1 is 1.28 bits per heavy atom. The second-order valence-electron chi connectivity index (χ2n) is 6.25. The third kappa shape index (κ3) is 3.08. The van der Waals surface area contributed by atoms with Gasteiger partial charge in [-0.3, -0.25) is 14.4 Å². The standard InChI is InChI=1S/C17H19F2N3O3/c1-2-4-12-17(25)22-8-7-21(9-13(22)15(23)20-12)16(24)10-5-3-6-11(18)14(10)19/h3,5-6,12-13H,2,4,7-9H2,1H3,(H,20,23)/t12-,13+/m0/s1. The minimum atomic E-state index is -1.21. The van der Waals surface area contributed by atoms with E-state index in [1.54, 1.807) is 0 Å². The van der Waals surface area contributed by atoms with Crippen molar-refractivity contribution in [2.75, 3.05) is 19.6 Å². The molecule has 0 saturated carbocycles. The quantitative estimate of drug-likeness (QED) is 0.880. The van der Waals surface area contributed by atoms with Crippen LogP contribution < -0.4 is 5.32 Å². The molecule has 134 valence electrons. The third-order valence-corrected chi connectivity index (χ3v) is 4.63. The van der Waals surface area contributed by atoms with Gasteiger partial charge in [0.05, 0.1) is 12.1 Å². The molecular formula is C17H19F2N3O3. The Morgan fingerprint density at radius 2 is 2.04 bits per heavy atom. The first kappa shape index (κ1) is 17.3. The van der Waals surface area contributed by atoms with Crippen molar-refractivity contribution in [1.29, 1.82) is 0 Å². The first-order valence-corrected chi connectivity index (χ1v) is 8.28. The maximum Gasteiger partial charge on any atom is 0.257 e. The van der Waals surface area contributed by atoms with E-state index in [1.165, 1.54) is 21.9 Å². The van der Waals surface area contributed by atoms with Gasteiger partial charge < -0.3 is 15.1 Å². The van der Waals surface area contributed by atoms with Crippen molar-refractivity contribution >= 4 is 17.7 Å². The van der Waals surface area contributed by atoms with Gasteiger partial charge in [0.15, 0.2) is 11.6 Å². The van der Waals surface area contributed by atoms with Crippen molar-refractivity contribution in [3.05, 3.63) is 35.4 Å². The molecule has 2 aliphatic rings. The molecule has 0 aromatic heterocycles. The molecule has 0 radical (unpaired) electrons. The molecule has 0 aliphatic carbocycles. The zero-order valence-corrected chi connectivity index (χ0v) is 13.8. The van der Waals surface area contributed by atoms with Gasteiger partial charge in [0.2, 0.25) is 11.8 Å². The molecular weight excluding hydrogens is 332 g/mol. The van der Waals surface area contributed by atoms with Crippen LogP contribution >= 0.6 is 0 Å². The van der Waals surface area contributed by atoms with Crippen LogP contribution in [-0.2, 0) is 9.59 Å². The lowest BCUT2D eigenvalue weighted by molar-refractivity contribution is -0.152. The van der Waals surface area contributed by atoms with Crippen molar-refractivity contribution in [3.63, 3.8) is 0 Å².